The maximum absolute atomic E-state index is 13.9. The second kappa shape index (κ2) is 25.4. The average Bonchev–Trinajstić information content (AvgIpc) is 3.24. The van der Waals surface area contributed by atoms with Crippen LogP contribution in [-0.4, -0.2) is 102 Å². The Bertz CT molecular complexity index is 2140. The average molecular weight is 978 g/mol. The van der Waals surface area contributed by atoms with Gasteiger partial charge in [0.15, 0.2) is 0 Å². The van der Waals surface area contributed by atoms with Gasteiger partial charge in [-0.3, -0.25) is 24.0 Å². The van der Waals surface area contributed by atoms with Crippen LogP contribution in [0.1, 0.15) is 152 Å². The molecule has 2 aliphatic rings. The van der Waals surface area contributed by atoms with Crippen molar-refractivity contribution in [3.05, 3.63) is 48.0 Å². The highest BCUT2D eigenvalue weighted by Gasteiger charge is 2.52. The SMILES string of the molecule is CCOC(=O)C1(C(=O)NCC2CCC(C(=O)N[C@@H](Cc3ccc4ccccc4c3)C(=O)NCCCC[C@H](NC(=O)N[C@@H](CCC(=O)OC(C)(C)C)C(=O)OC(C)(C)C)C(=O)OC(C)(C)C)CC2)CCC1. The zero-order valence-electron chi connectivity index (χ0n) is 43.1. The Morgan fingerprint density at radius 2 is 1.26 bits per heavy atom. The molecule has 2 saturated carbocycles. The Morgan fingerprint density at radius 3 is 1.81 bits per heavy atom. The molecule has 0 heterocycles. The Kier molecular flexibility index (Phi) is 20.6. The highest BCUT2D eigenvalue weighted by Crippen LogP contribution is 2.42. The number of nitrogens with one attached hydrogen (secondary N) is 5. The lowest BCUT2D eigenvalue weighted by Crippen LogP contribution is -2.53. The van der Waals surface area contributed by atoms with Gasteiger partial charge in [-0.15, -0.1) is 0 Å². The number of carbonyl (C=O) groups is 8. The summed E-state index contributed by atoms with van der Waals surface area (Å²) in [6, 6.07) is 9.73. The lowest BCUT2D eigenvalue weighted by atomic mass is 9.68. The fraction of sp³-hybridized carbons (Fsp3) is 0.660. The number of ether oxygens (including phenoxy) is 4. The molecule has 0 radical (unpaired) electrons. The van der Waals surface area contributed by atoms with Crippen molar-refractivity contribution < 1.29 is 57.3 Å². The molecule has 3 atom stereocenters. The number of unbranched alkanes of at least 4 members (excludes halogenated alkanes) is 1. The Labute approximate surface area is 413 Å². The summed E-state index contributed by atoms with van der Waals surface area (Å²) in [6.45, 7) is 17.9. The fourth-order valence-electron chi connectivity index (χ4n) is 8.52. The smallest absolute Gasteiger partial charge is 0.329 e. The number of fused-ring (bicyclic) bond motifs is 1. The first kappa shape index (κ1) is 56.8. The molecule has 17 heteroatoms. The molecule has 2 aliphatic carbocycles. The van der Waals surface area contributed by atoms with Crippen LogP contribution < -0.4 is 26.6 Å². The van der Waals surface area contributed by atoms with Gasteiger partial charge < -0.3 is 45.5 Å². The van der Waals surface area contributed by atoms with Gasteiger partial charge in [-0.25, -0.2) is 14.4 Å². The first-order valence-electron chi connectivity index (χ1n) is 25.0. The Hall–Kier alpha value is -5.74. The van der Waals surface area contributed by atoms with Crippen LogP contribution in [0.25, 0.3) is 10.8 Å². The standard InChI is InChI=1S/C53H79N5O12/c1-11-67-48(65)53(28-16-29-53)47(64)55-33-34-20-24-37(25-21-34)43(60)56-41(32-35-22-23-36-17-12-13-18-38(36)31-35)44(61)54-30-15-14-19-39(45(62)69-51(5,6)7)57-49(66)58-40(46(63)70-52(8,9)10)26-27-42(59)68-50(2,3)4/h12-13,17-18,22-23,31,34,37,39-41H,11,14-16,19-21,24-30,32-33H2,1-10H3,(H,54,61)(H,55,64)(H,56,60)(H2,57,58,66)/t34?,37?,39-,40-,41-/m0/s1. The van der Waals surface area contributed by atoms with Crippen molar-refractivity contribution in [2.24, 2.45) is 17.3 Å². The minimum atomic E-state index is -1.23. The van der Waals surface area contributed by atoms with Crippen LogP contribution in [-0.2, 0) is 58.9 Å². The van der Waals surface area contributed by atoms with Crippen molar-refractivity contribution >= 4 is 58.4 Å². The quantitative estimate of drug-likeness (QED) is 0.0361. The highest BCUT2D eigenvalue weighted by molar-refractivity contribution is 6.03. The topological polar surface area (TPSA) is 234 Å². The summed E-state index contributed by atoms with van der Waals surface area (Å²) in [6.07, 6.45) is 5.17. The van der Waals surface area contributed by atoms with Gasteiger partial charge in [-0.1, -0.05) is 48.9 Å². The molecule has 4 rings (SSSR count). The molecule has 2 aromatic rings. The molecule has 0 aliphatic heterocycles. The van der Waals surface area contributed by atoms with E-state index in [1.807, 2.05) is 42.5 Å². The van der Waals surface area contributed by atoms with Gasteiger partial charge in [0.1, 0.15) is 40.3 Å². The van der Waals surface area contributed by atoms with Crippen LogP contribution in [0.2, 0.25) is 0 Å². The van der Waals surface area contributed by atoms with E-state index in [2.05, 4.69) is 26.6 Å². The maximum Gasteiger partial charge on any atom is 0.329 e. The lowest BCUT2D eigenvalue weighted by molar-refractivity contribution is -0.167. The van der Waals surface area contributed by atoms with Gasteiger partial charge in [0.2, 0.25) is 17.7 Å². The molecular formula is C53H79N5O12. The van der Waals surface area contributed by atoms with E-state index in [-0.39, 0.29) is 68.4 Å². The Balaban J connectivity index is 1.36. The van der Waals surface area contributed by atoms with Gasteiger partial charge in [-0.05, 0) is 156 Å². The molecule has 388 valence electrons. The number of benzene rings is 2. The number of carbonyl (C=O) groups excluding carboxylic acids is 8. The summed E-state index contributed by atoms with van der Waals surface area (Å²) < 4.78 is 21.7. The van der Waals surface area contributed by atoms with E-state index in [9.17, 15) is 38.4 Å². The monoisotopic (exact) mass is 978 g/mol. The largest absolute Gasteiger partial charge is 0.465 e. The van der Waals surface area contributed by atoms with Crippen LogP contribution in [0.5, 0.6) is 0 Å². The summed E-state index contributed by atoms with van der Waals surface area (Å²) in [5, 5.41) is 16.2. The number of hydrogen-bond donors (Lipinski definition) is 5. The second-order valence-corrected chi connectivity index (χ2v) is 21.7. The number of urea groups is 1. The molecule has 0 bridgehead atoms. The third kappa shape index (κ3) is 18.5. The first-order chi connectivity index (χ1) is 32.8. The van der Waals surface area contributed by atoms with Crippen molar-refractivity contribution in [2.75, 3.05) is 19.7 Å². The Morgan fingerprint density at radius 1 is 0.671 bits per heavy atom. The molecule has 5 N–H and O–H groups in total. The fourth-order valence-corrected chi connectivity index (χ4v) is 8.52. The minimum absolute atomic E-state index is 0.111. The third-order valence-corrected chi connectivity index (χ3v) is 12.2. The molecule has 5 amide bonds. The number of rotatable bonds is 22. The lowest BCUT2D eigenvalue weighted by Gasteiger charge is -2.38. The molecular weight excluding hydrogens is 899 g/mol. The van der Waals surface area contributed by atoms with Crippen molar-refractivity contribution in [3.63, 3.8) is 0 Å². The van der Waals surface area contributed by atoms with Crippen LogP contribution in [0.4, 0.5) is 4.79 Å². The van der Waals surface area contributed by atoms with E-state index in [1.54, 1.807) is 69.2 Å². The van der Waals surface area contributed by atoms with Crippen molar-refractivity contribution in [1.82, 2.24) is 26.6 Å². The number of hydrogen-bond acceptors (Lipinski definition) is 12. The zero-order valence-corrected chi connectivity index (χ0v) is 43.1. The van der Waals surface area contributed by atoms with E-state index >= 15 is 0 Å². The molecule has 0 spiro atoms. The highest BCUT2D eigenvalue weighted by atomic mass is 16.6. The summed E-state index contributed by atoms with van der Waals surface area (Å²) in [4.78, 5) is 106. The van der Waals surface area contributed by atoms with Gasteiger partial charge in [0, 0.05) is 31.8 Å². The van der Waals surface area contributed by atoms with E-state index < -0.39 is 70.3 Å². The van der Waals surface area contributed by atoms with Crippen LogP contribution in [0.3, 0.4) is 0 Å². The van der Waals surface area contributed by atoms with Gasteiger partial charge in [-0.2, -0.15) is 0 Å². The summed E-state index contributed by atoms with van der Waals surface area (Å²) in [7, 11) is 0. The van der Waals surface area contributed by atoms with E-state index in [0.717, 1.165) is 22.8 Å². The van der Waals surface area contributed by atoms with Crippen molar-refractivity contribution in [3.8, 4) is 0 Å². The predicted molar refractivity (Wildman–Crippen MR) is 264 cm³/mol. The molecule has 70 heavy (non-hydrogen) atoms. The molecule has 17 nitrogen and oxygen atoms in total. The number of amides is 5. The van der Waals surface area contributed by atoms with E-state index in [1.165, 1.54) is 0 Å². The second-order valence-electron chi connectivity index (χ2n) is 21.7. The van der Waals surface area contributed by atoms with Crippen LogP contribution >= 0.6 is 0 Å². The summed E-state index contributed by atoms with van der Waals surface area (Å²) in [5.74, 6) is -3.53. The molecule has 0 saturated heterocycles. The van der Waals surface area contributed by atoms with Gasteiger partial charge >= 0.3 is 29.9 Å². The predicted octanol–water partition coefficient (Wildman–Crippen LogP) is 6.65. The van der Waals surface area contributed by atoms with Crippen molar-refractivity contribution in [1.29, 1.82) is 0 Å². The number of esters is 4. The third-order valence-electron chi connectivity index (χ3n) is 12.2. The summed E-state index contributed by atoms with van der Waals surface area (Å²) in [5.41, 5.74) is -2.74. The van der Waals surface area contributed by atoms with Gasteiger partial charge in [0.25, 0.3) is 0 Å². The van der Waals surface area contributed by atoms with Crippen LogP contribution in [0, 0.1) is 17.3 Å². The maximum atomic E-state index is 13.9. The molecule has 0 unspecified atom stereocenters. The van der Waals surface area contributed by atoms with Gasteiger partial charge in [0.05, 0.1) is 6.61 Å². The normalized spacial score (nSPS) is 18.1. The summed E-state index contributed by atoms with van der Waals surface area (Å²) >= 11 is 0. The first-order valence-corrected chi connectivity index (χ1v) is 25.0. The minimum Gasteiger partial charge on any atom is -0.465 e. The zero-order chi connectivity index (χ0) is 51.9. The van der Waals surface area contributed by atoms with Crippen LogP contribution in [0.15, 0.2) is 42.5 Å². The van der Waals surface area contributed by atoms with Crippen molar-refractivity contribution in [2.45, 2.75) is 188 Å². The van der Waals surface area contributed by atoms with E-state index in [4.69, 9.17) is 18.9 Å². The van der Waals surface area contributed by atoms with E-state index in [0.29, 0.717) is 57.9 Å². The molecule has 2 fully saturated rings. The molecule has 2 aromatic carbocycles. The molecule has 0 aromatic heterocycles.